The predicted molar refractivity (Wildman–Crippen MR) is 79.1 cm³/mol. The lowest BCUT2D eigenvalue weighted by Crippen LogP contribution is -2.31. The van der Waals surface area contributed by atoms with E-state index in [4.69, 9.17) is 4.74 Å². The van der Waals surface area contributed by atoms with E-state index in [-0.39, 0.29) is 0 Å². The SMILES string of the molecule is CCC(C)C(C)NCc1cc(Br)cc2c1OCC2. The van der Waals surface area contributed by atoms with E-state index >= 15 is 0 Å². The van der Waals surface area contributed by atoms with Crippen molar-refractivity contribution >= 4 is 15.9 Å². The molecule has 2 nitrogen and oxygen atoms in total. The van der Waals surface area contributed by atoms with E-state index < -0.39 is 0 Å². The van der Waals surface area contributed by atoms with E-state index in [9.17, 15) is 0 Å². The zero-order valence-electron chi connectivity index (χ0n) is 11.4. The Hall–Kier alpha value is -0.540. The third-order valence-electron chi connectivity index (χ3n) is 3.94. The number of benzene rings is 1. The monoisotopic (exact) mass is 311 g/mol. The highest BCUT2D eigenvalue weighted by Gasteiger charge is 2.18. The molecule has 1 aliphatic rings. The van der Waals surface area contributed by atoms with Gasteiger partial charge in [-0.15, -0.1) is 0 Å². The molecule has 0 bridgehead atoms. The van der Waals surface area contributed by atoms with Crippen molar-refractivity contribution in [2.75, 3.05) is 6.61 Å². The Labute approximate surface area is 118 Å². The van der Waals surface area contributed by atoms with Crippen LogP contribution in [0.25, 0.3) is 0 Å². The van der Waals surface area contributed by atoms with E-state index in [2.05, 4.69) is 54.2 Å². The molecule has 0 saturated heterocycles. The van der Waals surface area contributed by atoms with Crippen LogP contribution in [0, 0.1) is 5.92 Å². The summed E-state index contributed by atoms with van der Waals surface area (Å²) in [6.45, 7) is 8.49. The van der Waals surface area contributed by atoms with Gasteiger partial charge in [0, 0.05) is 29.0 Å². The summed E-state index contributed by atoms with van der Waals surface area (Å²) in [4.78, 5) is 0. The molecular formula is C15H22BrNO. The second kappa shape index (κ2) is 6.07. The molecule has 1 heterocycles. The van der Waals surface area contributed by atoms with E-state index in [1.165, 1.54) is 17.5 Å². The Morgan fingerprint density at radius 3 is 2.89 bits per heavy atom. The average molecular weight is 312 g/mol. The molecule has 0 saturated carbocycles. The minimum absolute atomic E-state index is 0.533. The molecular weight excluding hydrogens is 290 g/mol. The van der Waals surface area contributed by atoms with Gasteiger partial charge >= 0.3 is 0 Å². The Kier molecular flexibility index (Phi) is 4.68. The summed E-state index contributed by atoms with van der Waals surface area (Å²) in [7, 11) is 0. The molecule has 0 spiro atoms. The molecule has 0 amide bonds. The van der Waals surface area contributed by atoms with Gasteiger partial charge in [-0.3, -0.25) is 0 Å². The minimum Gasteiger partial charge on any atom is -0.493 e. The van der Waals surface area contributed by atoms with Crippen LogP contribution in [0.1, 0.15) is 38.3 Å². The van der Waals surface area contributed by atoms with Gasteiger partial charge in [0.15, 0.2) is 0 Å². The van der Waals surface area contributed by atoms with Crippen LogP contribution in [0.2, 0.25) is 0 Å². The summed E-state index contributed by atoms with van der Waals surface area (Å²) < 4.78 is 6.90. The van der Waals surface area contributed by atoms with Gasteiger partial charge in [0.05, 0.1) is 6.61 Å². The van der Waals surface area contributed by atoms with Crippen molar-refractivity contribution < 1.29 is 4.74 Å². The van der Waals surface area contributed by atoms with Crippen molar-refractivity contribution in [2.45, 2.75) is 46.2 Å². The molecule has 0 aromatic heterocycles. The molecule has 0 fully saturated rings. The second-order valence-corrected chi connectivity index (χ2v) is 6.12. The first-order valence-electron chi connectivity index (χ1n) is 6.79. The molecule has 2 rings (SSSR count). The second-order valence-electron chi connectivity index (χ2n) is 5.21. The quantitative estimate of drug-likeness (QED) is 0.890. The molecule has 2 unspecified atom stereocenters. The van der Waals surface area contributed by atoms with Crippen LogP contribution >= 0.6 is 15.9 Å². The first kappa shape index (κ1) is 13.9. The summed E-state index contributed by atoms with van der Waals surface area (Å²) >= 11 is 3.58. The molecule has 1 aromatic carbocycles. The zero-order chi connectivity index (χ0) is 13.1. The fourth-order valence-electron chi connectivity index (χ4n) is 2.30. The Balaban J connectivity index is 2.06. The average Bonchev–Trinajstić information content (AvgIpc) is 2.82. The summed E-state index contributed by atoms with van der Waals surface area (Å²) in [6.07, 6.45) is 2.24. The maximum absolute atomic E-state index is 5.74. The van der Waals surface area contributed by atoms with Crippen molar-refractivity contribution in [2.24, 2.45) is 5.92 Å². The van der Waals surface area contributed by atoms with Crippen molar-refractivity contribution in [1.82, 2.24) is 5.32 Å². The molecule has 18 heavy (non-hydrogen) atoms. The van der Waals surface area contributed by atoms with E-state index in [1.54, 1.807) is 0 Å². The first-order valence-corrected chi connectivity index (χ1v) is 7.58. The number of hydrogen-bond acceptors (Lipinski definition) is 2. The highest BCUT2D eigenvalue weighted by atomic mass is 79.9. The lowest BCUT2D eigenvalue weighted by Gasteiger charge is -2.20. The van der Waals surface area contributed by atoms with Gasteiger partial charge in [-0.2, -0.15) is 0 Å². The number of fused-ring (bicyclic) bond motifs is 1. The fourth-order valence-corrected chi connectivity index (χ4v) is 2.86. The van der Waals surface area contributed by atoms with Crippen molar-refractivity contribution in [3.8, 4) is 5.75 Å². The van der Waals surface area contributed by atoms with Gasteiger partial charge in [0.2, 0.25) is 0 Å². The van der Waals surface area contributed by atoms with Gasteiger partial charge < -0.3 is 10.1 Å². The van der Waals surface area contributed by atoms with Gasteiger partial charge in [-0.25, -0.2) is 0 Å². The van der Waals surface area contributed by atoms with Crippen LogP contribution in [-0.4, -0.2) is 12.6 Å². The molecule has 1 N–H and O–H groups in total. The maximum Gasteiger partial charge on any atom is 0.127 e. The lowest BCUT2D eigenvalue weighted by molar-refractivity contribution is 0.347. The molecule has 2 atom stereocenters. The van der Waals surface area contributed by atoms with Crippen LogP contribution < -0.4 is 10.1 Å². The normalized spacial score (nSPS) is 17.1. The topological polar surface area (TPSA) is 21.3 Å². The van der Waals surface area contributed by atoms with Crippen molar-refractivity contribution in [3.63, 3.8) is 0 Å². The van der Waals surface area contributed by atoms with Crippen LogP contribution in [0.3, 0.4) is 0 Å². The highest BCUT2D eigenvalue weighted by molar-refractivity contribution is 9.10. The summed E-state index contributed by atoms with van der Waals surface area (Å²) in [6, 6.07) is 4.87. The van der Waals surface area contributed by atoms with E-state index in [1.807, 2.05) is 0 Å². The molecule has 100 valence electrons. The Morgan fingerprint density at radius 1 is 1.39 bits per heavy atom. The Bertz CT molecular complexity index is 419. The molecule has 3 heteroatoms. The zero-order valence-corrected chi connectivity index (χ0v) is 13.0. The minimum atomic E-state index is 0.533. The van der Waals surface area contributed by atoms with Crippen LogP contribution in [-0.2, 0) is 13.0 Å². The molecule has 1 aromatic rings. The summed E-state index contributed by atoms with van der Waals surface area (Å²) in [5.74, 6) is 1.80. The molecule has 1 aliphatic heterocycles. The van der Waals surface area contributed by atoms with Crippen molar-refractivity contribution in [3.05, 3.63) is 27.7 Å². The number of hydrogen-bond donors (Lipinski definition) is 1. The largest absolute Gasteiger partial charge is 0.493 e. The summed E-state index contributed by atoms with van der Waals surface area (Å²) in [5, 5.41) is 3.61. The van der Waals surface area contributed by atoms with Crippen LogP contribution in [0.4, 0.5) is 0 Å². The first-order chi connectivity index (χ1) is 8.61. The number of ether oxygens (including phenoxy) is 1. The predicted octanol–water partition coefficient (Wildman–Crippen LogP) is 3.91. The number of nitrogens with one attached hydrogen (secondary N) is 1. The maximum atomic E-state index is 5.74. The molecule has 0 aliphatic carbocycles. The third-order valence-corrected chi connectivity index (χ3v) is 4.40. The smallest absolute Gasteiger partial charge is 0.127 e. The summed E-state index contributed by atoms with van der Waals surface area (Å²) in [5.41, 5.74) is 2.60. The fraction of sp³-hybridized carbons (Fsp3) is 0.600. The number of rotatable bonds is 5. The Morgan fingerprint density at radius 2 is 2.17 bits per heavy atom. The molecule has 0 radical (unpaired) electrons. The van der Waals surface area contributed by atoms with Crippen molar-refractivity contribution in [1.29, 1.82) is 0 Å². The van der Waals surface area contributed by atoms with Gasteiger partial charge in [-0.1, -0.05) is 36.2 Å². The van der Waals surface area contributed by atoms with Gasteiger partial charge in [0.1, 0.15) is 5.75 Å². The standard InChI is InChI=1S/C15H22BrNO/c1-4-10(2)11(3)17-9-13-8-14(16)7-12-5-6-18-15(12)13/h7-8,10-11,17H,4-6,9H2,1-3H3. The number of halogens is 1. The van der Waals surface area contributed by atoms with E-state index in [0.717, 1.165) is 29.8 Å². The van der Waals surface area contributed by atoms with Crippen LogP contribution in [0.5, 0.6) is 5.75 Å². The van der Waals surface area contributed by atoms with Gasteiger partial charge in [-0.05, 0) is 30.5 Å². The van der Waals surface area contributed by atoms with Crippen LogP contribution in [0.15, 0.2) is 16.6 Å². The highest BCUT2D eigenvalue weighted by Crippen LogP contribution is 2.33. The third kappa shape index (κ3) is 3.07. The van der Waals surface area contributed by atoms with E-state index in [0.29, 0.717) is 12.0 Å². The van der Waals surface area contributed by atoms with Gasteiger partial charge in [0.25, 0.3) is 0 Å². The lowest BCUT2D eigenvalue weighted by atomic mass is 10.0.